The number of ether oxygens (including phenoxy) is 2. The van der Waals surface area contributed by atoms with Gasteiger partial charge >= 0.3 is 0 Å². The summed E-state index contributed by atoms with van der Waals surface area (Å²) in [6, 6.07) is 5.90. The summed E-state index contributed by atoms with van der Waals surface area (Å²) in [6.45, 7) is 4.65. The Balaban J connectivity index is 2.94. The molecule has 1 aromatic rings. The van der Waals surface area contributed by atoms with Crippen LogP contribution in [0.25, 0.3) is 0 Å². The van der Waals surface area contributed by atoms with Gasteiger partial charge in [0.15, 0.2) is 11.5 Å². The summed E-state index contributed by atoms with van der Waals surface area (Å²) in [4.78, 5) is 0. The summed E-state index contributed by atoms with van der Waals surface area (Å²) < 4.78 is 10.5. The fourth-order valence-corrected chi connectivity index (χ4v) is 1.05. The number of aryl methyl sites for hydroxylation is 1. The van der Waals surface area contributed by atoms with Crippen molar-refractivity contribution in [1.29, 1.82) is 0 Å². The van der Waals surface area contributed by atoms with Crippen LogP contribution in [0, 0.1) is 6.92 Å². The van der Waals surface area contributed by atoms with E-state index < -0.39 is 0 Å². The lowest BCUT2D eigenvalue weighted by Crippen LogP contribution is -1.95. The first-order valence-corrected chi connectivity index (χ1v) is 4.05. The van der Waals surface area contributed by atoms with Crippen LogP contribution in [0.15, 0.2) is 18.2 Å². The van der Waals surface area contributed by atoms with Crippen molar-refractivity contribution >= 4 is 0 Å². The zero-order valence-electron chi connectivity index (χ0n) is 7.76. The van der Waals surface area contributed by atoms with E-state index in [1.165, 1.54) is 5.56 Å². The zero-order valence-corrected chi connectivity index (χ0v) is 7.76. The van der Waals surface area contributed by atoms with Gasteiger partial charge in [-0.1, -0.05) is 6.07 Å². The van der Waals surface area contributed by atoms with Crippen molar-refractivity contribution in [2.24, 2.45) is 0 Å². The van der Waals surface area contributed by atoms with Gasteiger partial charge in [-0.25, -0.2) is 0 Å². The third kappa shape index (κ3) is 1.91. The molecule has 0 spiro atoms. The van der Waals surface area contributed by atoms with Crippen molar-refractivity contribution in [1.82, 2.24) is 0 Å². The Morgan fingerprint density at radius 1 is 1.25 bits per heavy atom. The van der Waals surface area contributed by atoms with Crippen LogP contribution < -0.4 is 9.47 Å². The summed E-state index contributed by atoms with van der Waals surface area (Å²) in [7, 11) is 1.65. The van der Waals surface area contributed by atoms with Crippen molar-refractivity contribution in [3.8, 4) is 11.5 Å². The van der Waals surface area contributed by atoms with Crippen LogP contribution in [0.2, 0.25) is 0 Å². The Labute approximate surface area is 73.1 Å². The van der Waals surface area contributed by atoms with Crippen LogP contribution in [0.1, 0.15) is 12.5 Å². The van der Waals surface area contributed by atoms with E-state index in [0.717, 1.165) is 11.5 Å². The van der Waals surface area contributed by atoms with Gasteiger partial charge in [-0.2, -0.15) is 0 Å². The maximum Gasteiger partial charge on any atom is 0.161 e. The van der Waals surface area contributed by atoms with E-state index in [9.17, 15) is 0 Å². The zero-order chi connectivity index (χ0) is 8.97. The van der Waals surface area contributed by atoms with E-state index in [0.29, 0.717) is 6.61 Å². The third-order valence-corrected chi connectivity index (χ3v) is 1.62. The second kappa shape index (κ2) is 4.00. The fraction of sp³-hybridized carbons (Fsp3) is 0.400. The van der Waals surface area contributed by atoms with E-state index in [-0.39, 0.29) is 0 Å². The summed E-state index contributed by atoms with van der Waals surface area (Å²) in [5.74, 6) is 1.61. The molecule has 0 aliphatic heterocycles. The smallest absolute Gasteiger partial charge is 0.161 e. The van der Waals surface area contributed by atoms with Crippen molar-refractivity contribution in [3.63, 3.8) is 0 Å². The predicted octanol–water partition coefficient (Wildman–Crippen LogP) is 2.40. The molecule has 2 nitrogen and oxygen atoms in total. The second-order valence-corrected chi connectivity index (χ2v) is 2.59. The van der Waals surface area contributed by atoms with Crippen molar-refractivity contribution in [2.45, 2.75) is 13.8 Å². The van der Waals surface area contributed by atoms with Crippen LogP contribution in [-0.4, -0.2) is 13.7 Å². The van der Waals surface area contributed by atoms with Crippen LogP contribution in [0.5, 0.6) is 11.5 Å². The Hall–Kier alpha value is -1.18. The lowest BCUT2D eigenvalue weighted by Gasteiger charge is -2.08. The molecule has 0 atom stereocenters. The molecule has 66 valence electrons. The van der Waals surface area contributed by atoms with Crippen LogP contribution in [-0.2, 0) is 0 Å². The molecular formula is C10H14O2. The Morgan fingerprint density at radius 3 is 2.58 bits per heavy atom. The average Bonchev–Trinajstić information content (AvgIpc) is 2.08. The molecule has 0 radical (unpaired) electrons. The molecule has 0 unspecified atom stereocenters. The van der Waals surface area contributed by atoms with Gasteiger partial charge in [-0.15, -0.1) is 0 Å². The van der Waals surface area contributed by atoms with Crippen molar-refractivity contribution in [3.05, 3.63) is 23.8 Å². The molecule has 0 saturated heterocycles. The number of benzene rings is 1. The molecule has 0 aromatic heterocycles. The molecule has 2 heteroatoms. The highest BCUT2D eigenvalue weighted by Crippen LogP contribution is 2.27. The molecule has 1 aromatic carbocycles. The molecule has 0 bridgehead atoms. The molecule has 0 N–H and O–H groups in total. The third-order valence-electron chi connectivity index (χ3n) is 1.62. The van der Waals surface area contributed by atoms with Gasteiger partial charge in [0, 0.05) is 0 Å². The first-order valence-electron chi connectivity index (χ1n) is 4.05. The highest BCUT2D eigenvalue weighted by Gasteiger charge is 2.01. The van der Waals surface area contributed by atoms with Crippen LogP contribution in [0.3, 0.4) is 0 Å². The van der Waals surface area contributed by atoms with Gasteiger partial charge in [0.25, 0.3) is 0 Å². The molecule has 12 heavy (non-hydrogen) atoms. The molecule has 0 heterocycles. The average molecular weight is 166 g/mol. The Morgan fingerprint density at radius 2 is 2.00 bits per heavy atom. The standard InChI is InChI=1S/C10H14O2/c1-4-12-9-6-5-8(2)7-10(9)11-3/h5-7H,4H2,1-3H3. The highest BCUT2D eigenvalue weighted by atomic mass is 16.5. The molecule has 1 rings (SSSR count). The molecule has 0 aliphatic carbocycles. The minimum atomic E-state index is 0.666. The SMILES string of the molecule is CCOc1ccc(C)cc1OC. The van der Waals surface area contributed by atoms with Crippen molar-refractivity contribution in [2.75, 3.05) is 13.7 Å². The predicted molar refractivity (Wildman–Crippen MR) is 48.9 cm³/mol. The number of hydrogen-bond donors (Lipinski definition) is 0. The van der Waals surface area contributed by atoms with E-state index in [1.807, 2.05) is 32.0 Å². The Bertz CT molecular complexity index is 256. The normalized spacial score (nSPS) is 9.58. The second-order valence-electron chi connectivity index (χ2n) is 2.59. The van der Waals surface area contributed by atoms with Gasteiger partial charge in [-0.3, -0.25) is 0 Å². The van der Waals surface area contributed by atoms with Crippen molar-refractivity contribution < 1.29 is 9.47 Å². The molecule has 0 aliphatic rings. The van der Waals surface area contributed by atoms with Gasteiger partial charge in [0.05, 0.1) is 13.7 Å². The molecule has 0 amide bonds. The largest absolute Gasteiger partial charge is 0.493 e. The molecule has 0 fully saturated rings. The van der Waals surface area contributed by atoms with E-state index in [1.54, 1.807) is 7.11 Å². The first-order chi connectivity index (χ1) is 5.77. The molecule has 0 saturated carbocycles. The summed E-state index contributed by atoms with van der Waals surface area (Å²) in [5, 5.41) is 0. The maximum absolute atomic E-state index is 5.36. The fourth-order valence-electron chi connectivity index (χ4n) is 1.05. The summed E-state index contributed by atoms with van der Waals surface area (Å²) >= 11 is 0. The first kappa shape index (κ1) is 8.91. The van der Waals surface area contributed by atoms with E-state index >= 15 is 0 Å². The minimum Gasteiger partial charge on any atom is -0.493 e. The number of rotatable bonds is 3. The quantitative estimate of drug-likeness (QED) is 0.686. The summed E-state index contributed by atoms with van der Waals surface area (Å²) in [5.41, 5.74) is 1.18. The minimum absolute atomic E-state index is 0.666. The topological polar surface area (TPSA) is 18.5 Å². The van der Waals surface area contributed by atoms with Gasteiger partial charge in [0.2, 0.25) is 0 Å². The monoisotopic (exact) mass is 166 g/mol. The van der Waals surface area contributed by atoms with E-state index in [4.69, 9.17) is 9.47 Å². The van der Waals surface area contributed by atoms with Gasteiger partial charge in [-0.05, 0) is 31.5 Å². The van der Waals surface area contributed by atoms with Gasteiger partial charge in [0.1, 0.15) is 0 Å². The lowest BCUT2D eigenvalue weighted by atomic mass is 10.2. The van der Waals surface area contributed by atoms with Crippen LogP contribution >= 0.6 is 0 Å². The Kier molecular flexibility index (Phi) is 2.97. The summed E-state index contributed by atoms with van der Waals surface area (Å²) in [6.07, 6.45) is 0. The highest BCUT2D eigenvalue weighted by molar-refractivity contribution is 5.42. The molecular weight excluding hydrogens is 152 g/mol. The van der Waals surface area contributed by atoms with Gasteiger partial charge < -0.3 is 9.47 Å². The lowest BCUT2D eigenvalue weighted by molar-refractivity contribution is 0.311. The van der Waals surface area contributed by atoms with E-state index in [2.05, 4.69) is 0 Å². The number of methoxy groups -OCH3 is 1. The maximum atomic E-state index is 5.36. The van der Waals surface area contributed by atoms with Crippen LogP contribution in [0.4, 0.5) is 0 Å². The number of hydrogen-bond acceptors (Lipinski definition) is 2.